The van der Waals surface area contributed by atoms with Crippen molar-refractivity contribution in [2.45, 2.75) is 8.87 Å². The maximum absolute atomic E-state index is 3.95. The van der Waals surface area contributed by atoms with Crippen LogP contribution in [0.5, 0.6) is 0 Å². The van der Waals surface area contributed by atoms with E-state index in [4.69, 9.17) is 0 Å². The summed E-state index contributed by atoms with van der Waals surface area (Å²) in [6.07, 6.45) is 0. The van der Waals surface area contributed by atoms with Crippen LogP contribution in [0, 0.1) is 0 Å². The van der Waals surface area contributed by atoms with E-state index >= 15 is 0 Å². The van der Waals surface area contributed by atoms with Crippen molar-refractivity contribution in [1.29, 1.82) is 0 Å². The summed E-state index contributed by atoms with van der Waals surface area (Å²) in [5.74, 6) is 0. The third-order valence-electron chi connectivity index (χ3n) is 15.2. The predicted molar refractivity (Wildman–Crippen MR) is 439 cm³/mol. The SMILES string of the molecule is [Br][Sn+]([CH2]c1ccccc1)[CH2]c1ccccc1.[Pt].[Pt].[SH-].[SH-].c1ccc([PH+](c2ccccc2)c2ccccc2)cc1.c1ccc([PH+](c2ccccc2)c2ccccc2)cc1.c1ccc([PH+](c2ccccc2)c2ccccc2)cc1.c1ccc([PH+](c2ccccc2)c2ccccc2)cc1. The second-order valence-corrected chi connectivity index (χ2v) is 44.2. The second kappa shape index (κ2) is 45.7. The van der Waals surface area contributed by atoms with E-state index in [2.05, 4.69) is 437 Å². The van der Waals surface area contributed by atoms with Gasteiger partial charge in [-0.3, -0.25) is 0 Å². The van der Waals surface area contributed by atoms with Gasteiger partial charge < -0.3 is 27.0 Å². The van der Waals surface area contributed by atoms with Gasteiger partial charge in [0, 0.05) is 42.1 Å². The predicted octanol–water partition coefficient (Wildman–Crippen LogP) is 16.1. The Balaban J connectivity index is 0.000000188. The summed E-state index contributed by atoms with van der Waals surface area (Å²) in [6.45, 7) is 0. The van der Waals surface area contributed by atoms with E-state index in [1.807, 2.05) is 0 Å². The Hall–Kier alpha value is -5.84. The largest absolute Gasteiger partial charge is 0.813 e. The zero-order valence-corrected chi connectivity index (χ0v) is 68.0. The van der Waals surface area contributed by atoms with Crippen molar-refractivity contribution >= 4 is 153 Å². The first-order valence-electron chi connectivity index (χ1n) is 31.4. The van der Waals surface area contributed by atoms with Crippen molar-refractivity contribution in [2.75, 3.05) is 0 Å². The van der Waals surface area contributed by atoms with Crippen molar-refractivity contribution < 1.29 is 42.1 Å². The molecule has 0 fully saturated rings. The zero-order valence-electron chi connectivity index (χ0n) is 53.2. The Morgan fingerprint density at radius 3 is 0.365 bits per heavy atom. The smallest absolute Gasteiger partial charge is 0.102 e. The average molecular weight is 1890 g/mol. The summed E-state index contributed by atoms with van der Waals surface area (Å²) in [7, 11) is -3.51. The standard InChI is InChI=1S/4C18H15P.2C7H7.BrH.2Pt.2H2S.Sn/c4*1-4-10-16(11-5-1)19(17-12-6-2-7-13-17)18-14-8-3-9-15-18;2*1-7-5-3-2-4-6-7;;;;;;/h4*1-15H;2*2-6H,1H2;1H;;;2*1H2;/q;;;;;;;;;;;+2/p+1. The van der Waals surface area contributed by atoms with Crippen LogP contribution in [0.3, 0.4) is 0 Å². The molecule has 0 amide bonds. The Morgan fingerprint density at radius 2 is 0.260 bits per heavy atom. The Morgan fingerprint density at radius 1 is 0.167 bits per heavy atom. The first-order valence-corrected chi connectivity index (χ1v) is 47.8. The summed E-state index contributed by atoms with van der Waals surface area (Å²) < 4.78 is 2.55. The monoisotopic (exact) mass is 1890 g/mol. The van der Waals surface area contributed by atoms with E-state index in [-0.39, 0.29) is 69.1 Å². The Kier molecular flexibility index (Phi) is 37.7. The van der Waals surface area contributed by atoms with Gasteiger partial charge in [-0.1, -0.05) is 218 Å². The van der Waals surface area contributed by atoms with Gasteiger partial charge in [-0.2, -0.15) is 0 Å². The molecule has 0 saturated carbocycles. The van der Waals surface area contributed by atoms with Crippen LogP contribution in [0.15, 0.2) is 425 Å². The number of hydrogen-bond acceptors (Lipinski definition) is 2. The van der Waals surface area contributed by atoms with Gasteiger partial charge in [0.15, 0.2) is 0 Å². The molecule has 14 aromatic rings. The van der Waals surface area contributed by atoms with Gasteiger partial charge in [-0.05, 0) is 146 Å². The molecule has 0 unspecified atom stereocenters. The van der Waals surface area contributed by atoms with Gasteiger partial charge in [0.2, 0.25) is 0 Å². The first kappa shape index (κ1) is 79.1. The van der Waals surface area contributed by atoms with Gasteiger partial charge >= 0.3 is 111 Å². The van der Waals surface area contributed by atoms with Crippen molar-refractivity contribution in [3.8, 4) is 0 Å². The molecule has 0 heterocycles. The van der Waals surface area contributed by atoms with Crippen molar-refractivity contribution in [1.82, 2.24) is 0 Å². The van der Waals surface area contributed by atoms with Gasteiger partial charge in [0.1, 0.15) is 63.7 Å². The van der Waals surface area contributed by atoms with Gasteiger partial charge in [-0.25, -0.2) is 0 Å². The molecular formula is C86H80BrP4Pt2S2Sn+3. The molecule has 0 atom stereocenters. The van der Waals surface area contributed by atoms with Crippen LogP contribution in [-0.2, 0) is 78.0 Å². The molecular weight excluding hydrogens is 1810 g/mol. The number of hydrogen-bond donors (Lipinski definition) is 0. The number of rotatable bonds is 16. The van der Waals surface area contributed by atoms with E-state index in [0.29, 0.717) is 0 Å². The van der Waals surface area contributed by atoms with Crippen LogP contribution in [0.25, 0.3) is 0 Å². The van der Waals surface area contributed by atoms with Crippen molar-refractivity contribution in [3.05, 3.63) is 436 Å². The molecule has 0 saturated heterocycles. The van der Waals surface area contributed by atoms with Crippen molar-refractivity contribution in [3.63, 3.8) is 0 Å². The Bertz CT molecular complexity index is 3320. The molecule has 14 aromatic carbocycles. The third-order valence-corrected chi connectivity index (χ3v) is 34.4. The summed E-state index contributed by atoms with van der Waals surface area (Å²) in [5.41, 5.74) is 2.95. The third kappa shape index (κ3) is 25.5. The molecule has 484 valence electrons. The molecule has 0 N–H and O–H groups in total. The van der Waals surface area contributed by atoms with Crippen LogP contribution < -0.4 is 63.7 Å². The molecule has 14 rings (SSSR count). The molecule has 0 spiro atoms. The first-order chi connectivity index (χ1) is 45.6. The van der Waals surface area contributed by atoms with E-state index in [0.717, 1.165) is 0 Å². The topological polar surface area (TPSA) is 0 Å². The fraction of sp³-hybridized carbons (Fsp3) is 0.0233. The van der Waals surface area contributed by atoms with Gasteiger partial charge in [-0.15, -0.1) is 0 Å². The minimum Gasteiger partial charge on any atom is -0.813 e. The van der Waals surface area contributed by atoms with Crippen LogP contribution in [0.1, 0.15) is 11.1 Å². The molecule has 0 aromatic heterocycles. The Labute approximate surface area is 632 Å². The molecule has 0 nitrogen and oxygen atoms in total. The zero-order chi connectivity index (χ0) is 62.9. The summed E-state index contributed by atoms with van der Waals surface area (Å²) in [6, 6.07) is 152. The molecule has 0 aliphatic rings. The maximum atomic E-state index is 3.95. The number of benzene rings is 14. The minimum atomic E-state index is -1.41. The van der Waals surface area contributed by atoms with E-state index in [1.165, 1.54) is 83.7 Å². The normalized spacial score (nSPS) is 10.1. The fourth-order valence-corrected chi connectivity index (χ4v) is 29.8. The molecule has 10 heteroatoms. The quantitative estimate of drug-likeness (QED) is 0.0409. The van der Waals surface area contributed by atoms with Crippen LogP contribution in [0.4, 0.5) is 0 Å². The fourth-order valence-electron chi connectivity index (χ4n) is 11.0. The van der Waals surface area contributed by atoms with Crippen LogP contribution >= 0.6 is 44.4 Å². The summed E-state index contributed by atoms with van der Waals surface area (Å²) in [5, 5.41) is 17.2. The van der Waals surface area contributed by atoms with E-state index < -0.39 is 49.2 Å². The maximum Gasteiger partial charge on any atom is 0.102 e. The van der Waals surface area contributed by atoms with E-state index in [1.54, 1.807) is 0 Å². The average Bonchev–Trinajstić information content (AvgIpc) is 0.950. The molecule has 96 heavy (non-hydrogen) atoms. The van der Waals surface area contributed by atoms with Crippen LogP contribution in [0.2, 0.25) is 0 Å². The summed E-state index contributed by atoms with van der Waals surface area (Å²) in [4.78, 5) is 0. The molecule has 0 aliphatic carbocycles. The molecule has 0 bridgehead atoms. The van der Waals surface area contributed by atoms with E-state index in [9.17, 15) is 0 Å². The second-order valence-electron chi connectivity index (χ2n) is 21.7. The minimum absolute atomic E-state index is 0. The molecule has 0 aliphatic heterocycles. The van der Waals surface area contributed by atoms with Crippen molar-refractivity contribution in [2.24, 2.45) is 0 Å². The number of thiol groups is 2. The van der Waals surface area contributed by atoms with Gasteiger partial charge in [0.25, 0.3) is 0 Å². The van der Waals surface area contributed by atoms with Crippen LogP contribution in [-0.4, -0.2) is 17.5 Å². The number of halogens is 1. The van der Waals surface area contributed by atoms with Gasteiger partial charge in [0.05, 0.1) is 31.7 Å². The molecule has 0 radical (unpaired) electrons. The summed E-state index contributed by atoms with van der Waals surface area (Å²) >= 11 is 2.54.